The zero-order valence-corrected chi connectivity index (χ0v) is 14.2. The number of hydrogen-bond donors (Lipinski definition) is 2. The first-order chi connectivity index (χ1) is 11.1. The number of benzene rings is 1. The molecule has 1 aromatic carbocycles. The first-order valence-electron chi connectivity index (χ1n) is 8.02. The number of methoxy groups -OCH3 is 1. The second-order valence-corrected chi connectivity index (χ2v) is 5.28. The molecule has 0 aromatic heterocycles. The SMILES string of the molecule is CCCCNC(=O)CN(CC)CC(=O)Nc1ccc(OC)cc1. The lowest BCUT2D eigenvalue weighted by Gasteiger charge is -2.19. The van der Waals surface area contributed by atoms with Crippen LogP contribution in [0.3, 0.4) is 0 Å². The van der Waals surface area contributed by atoms with E-state index in [4.69, 9.17) is 4.74 Å². The van der Waals surface area contributed by atoms with Crippen LogP contribution in [0.1, 0.15) is 26.7 Å². The van der Waals surface area contributed by atoms with Crippen LogP contribution in [0.2, 0.25) is 0 Å². The van der Waals surface area contributed by atoms with Crippen molar-refractivity contribution in [3.63, 3.8) is 0 Å². The predicted octanol–water partition coefficient (Wildman–Crippen LogP) is 1.87. The average molecular weight is 321 g/mol. The van der Waals surface area contributed by atoms with E-state index in [1.165, 1.54) is 0 Å². The molecule has 0 saturated heterocycles. The standard InChI is InChI=1S/C17H27N3O3/c1-4-6-11-18-16(21)12-20(5-2)13-17(22)19-14-7-9-15(23-3)10-8-14/h7-10H,4-6,11-13H2,1-3H3,(H,18,21)(H,19,22). The van der Waals surface area contributed by atoms with E-state index in [0.29, 0.717) is 18.8 Å². The second-order valence-electron chi connectivity index (χ2n) is 5.28. The number of hydrogen-bond acceptors (Lipinski definition) is 4. The Morgan fingerprint density at radius 3 is 2.30 bits per heavy atom. The fourth-order valence-corrected chi connectivity index (χ4v) is 2.02. The quantitative estimate of drug-likeness (QED) is 0.646. The van der Waals surface area contributed by atoms with Crippen molar-refractivity contribution in [2.75, 3.05) is 38.6 Å². The first-order valence-corrected chi connectivity index (χ1v) is 8.02. The van der Waals surface area contributed by atoms with Crippen molar-refractivity contribution in [2.45, 2.75) is 26.7 Å². The van der Waals surface area contributed by atoms with Gasteiger partial charge in [0.1, 0.15) is 5.75 Å². The highest BCUT2D eigenvalue weighted by molar-refractivity contribution is 5.92. The Kier molecular flexibility index (Phi) is 8.75. The molecule has 1 aromatic rings. The zero-order chi connectivity index (χ0) is 17.1. The third kappa shape index (κ3) is 7.65. The maximum absolute atomic E-state index is 12.1. The molecule has 6 heteroatoms. The summed E-state index contributed by atoms with van der Waals surface area (Å²) < 4.78 is 5.07. The number of carbonyl (C=O) groups excluding carboxylic acids is 2. The fraction of sp³-hybridized carbons (Fsp3) is 0.529. The van der Waals surface area contributed by atoms with E-state index in [0.717, 1.165) is 18.6 Å². The summed E-state index contributed by atoms with van der Waals surface area (Å²) in [6.45, 7) is 5.75. The minimum atomic E-state index is -0.140. The zero-order valence-electron chi connectivity index (χ0n) is 14.2. The van der Waals surface area contributed by atoms with Crippen LogP contribution < -0.4 is 15.4 Å². The maximum Gasteiger partial charge on any atom is 0.238 e. The highest BCUT2D eigenvalue weighted by Crippen LogP contribution is 2.14. The molecule has 2 N–H and O–H groups in total. The van der Waals surface area contributed by atoms with Crippen LogP contribution in [0.5, 0.6) is 5.75 Å². The molecule has 0 atom stereocenters. The number of amides is 2. The van der Waals surface area contributed by atoms with Crippen LogP contribution >= 0.6 is 0 Å². The molecule has 0 aliphatic heterocycles. The van der Waals surface area contributed by atoms with Gasteiger partial charge >= 0.3 is 0 Å². The predicted molar refractivity (Wildman–Crippen MR) is 91.7 cm³/mol. The van der Waals surface area contributed by atoms with E-state index in [2.05, 4.69) is 17.6 Å². The molecular weight excluding hydrogens is 294 g/mol. The molecule has 0 bridgehead atoms. The second kappa shape index (κ2) is 10.6. The Morgan fingerprint density at radius 1 is 1.09 bits per heavy atom. The summed E-state index contributed by atoms with van der Waals surface area (Å²) in [5.41, 5.74) is 0.708. The maximum atomic E-state index is 12.1. The molecule has 0 aliphatic rings. The Labute approximate surface area is 138 Å². The number of rotatable bonds is 10. The van der Waals surface area contributed by atoms with Gasteiger partial charge in [-0.2, -0.15) is 0 Å². The lowest BCUT2D eigenvalue weighted by Crippen LogP contribution is -2.41. The largest absolute Gasteiger partial charge is 0.497 e. The molecule has 23 heavy (non-hydrogen) atoms. The van der Waals surface area contributed by atoms with Crippen molar-refractivity contribution < 1.29 is 14.3 Å². The molecule has 0 saturated carbocycles. The first kappa shape index (κ1) is 19.0. The van der Waals surface area contributed by atoms with Gasteiger partial charge in [0.15, 0.2) is 0 Å². The van der Waals surface area contributed by atoms with Gasteiger partial charge in [-0.3, -0.25) is 14.5 Å². The van der Waals surface area contributed by atoms with Crippen molar-refractivity contribution in [1.29, 1.82) is 0 Å². The molecule has 0 heterocycles. The van der Waals surface area contributed by atoms with Crippen molar-refractivity contribution >= 4 is 17.5 Å². The van der Waals surface area contributed by atoms with Gasteiger partial charge < -0.3 is 15.4 Å². The average Bonchev–Trinajstić information content (AvgIpc) is 2.55. The van der Waals surface area contributed by atoms with Crippen LogP contribution in [0.4, 0.5) is 5.69 Å². The van der Waals surface area contributed by atoms with Gasteiger partial charge in [-0.05, 0) is 37.2 Å². The number of nitrogens with one attached hydrogen (secondary N) is 2. The lowest BCUT2D eigenvalue weighted by atomic mass is 10.3. The van der Waals surface area contributed by atoms with Gasteiger partial charge in [-0.25, -0.2) is 0 Å². The monoisotopic (exact) mass is 321 g/mol. The fourth-order valence-electron chi connectivity index (χ4n) is 2.02. The summed E-state index contributed by atoms with van der Waals surface area (Å²) in [6.07, 6.45) is 2.01. The van der Waals surface area contributed by atoms with E-state index >= 15 is 0 Å². The van der Waals surface area contributed by atoms with Crippen molar-refractivity contribution in [2.24, 2.45) is 0 Å². The van der Waals surface area contributed by atoms with Gasteiger partial charge in [-0.15, -0.1) is 0 Å². The van der Waals surface area contributed by atoms with Crippen LogP contribution in [-0.2, 0) is 9.59 Å². The van der Waals surface area contributed by atoms with Crippen LogP contribution in [0, 0.1) is 0 Å². The molecule has 2 amide bonds. The molecule has 0 unspecified atom stereocenters. The molecule has 1 rings (SSSR count). The molecule has 0 aliphatic carbocycles. The molecular formula is C17H27N3O3. The van der Waals surface area contributed by atoms with Crippen molar-refractivity contribution in [1.82, 2.24) is 10.2 Å². The molecule has 0 fully saturated rings. The van der Waals surface area contributed by atoms with Gasteiger partial charge in [-0.1, -0.05) is 20.3 Å². The number of ether oxygens (including phenoxy) is 1. The van der Waals surface area contributed by atoms with Crippen molar-refractivity contribution in [3.8, 4) is 5.75 Å². The summed E-state index contributed by atoms with van der Waals surface area (Å²) in [5, 5.41) is 5.67. The van der Waals surface area contributed by atoms with E-state index < -0.39 is 0 Å². The highest BCUT2D eigenvalue weighted by Gasteiger charge is 2.13. The topological polar surface area (TPSA) is 70.7 Å². The number of nitrogens with zero attached hydrogens (tertiary/aromatic N) is 1. The summed E-state index contributed by atoms with van der Waals surface area (Å²) in [5.74, 6) is 0.554. The third-order valence-electron chi connectivity index (χ3n) is 3.41. The Morgan fingerprint density at radius 2 is 1.74 bits per heavy atom. The van der Waals surface area contributed by atoms with Gasteiger partial charge in [0.05, 0.1) is 20.2 Å². The minimum absolute atomic E-state index is 0.0439. The van der Waals surface area contributed by atoms with Gasteiger partial charge in [0.2, 0.25) is 11.8 Å². The lowest BCUT2D eigenvalue weighted by molar-refractivity contribution is -0.123. The number of unbranched alkanes of at least 4 members (excludes halogenated alkanes) is 1. The van der Waals surface area contributed by atoms with Crippen molar-refractivity contribution in [3.05, 3.63) is 24.3 Å². The Balaban J connectivity index is 2.41. The van der Waals surface area contributed by atoms with Crippen LogP contribution in [-0.4, -0.2) is 50.0 Å². The summed E-state index contributed by atoms with van der Waals surface area (Å²) in [7, 11) is 1.60. The third-order valence-corrected chi connectivity index (χ3v) is 3.41. The summed E-state index contributed by atoms with van der Waals surface area (Å²) in [4.78, 5) is 25.7. The highest BCUT2D eigenvalue weighted by atomic mass is 16.5. The van der Waals surface area contributed by atoms with Gasteiger partial charge in [0, 0.05) is 12.2 Å². The van der Waals surface area contributed by atoms with E-state index in [1.54, 1.807) is 36.3 Å². The smallest absolute Gasteiger partial charge is 0.238 e. The number of anilines is 1. The Bertz CT molecular complexity index is 488. The van der Waals surface area contributed by atoms with E-state index in [1.807, 2.05) is 6.92 Å². The normalized spacial score (nSPS) is 10.4. The molecule has 6 nitrogen and oxygen atoms in total. The summed E-state index contributed by atoms with van der Waals surface area (Å²) in [6, 6.07) is 7.14. The van der Waals surface area contributed by atoms with E-state index in [-0.39, 0.29) is 24.9 Å². The number of carbonyl (C=O) groups is 2. The van der Waals surface area contributed by atoms with E-state index in [9.17, 15) is 9.59 Å². The Hall–Kier alpha value is -2.08. The van der Waals surface area contributed by atoms with Gasteiger partial charge in [0.25, 0.3) is 0 Å². The van der Waals surface area contributed by atoms with Crippen LogP contribution in [0.15, 0.2) is 24.3 Å². The molecule has 128 valence electrons. The molecule has 0 radical (unpaired) electrons. The minimum Gasteiger partial charge on any atom is -0.497 e. The van der Waals surface area contributed by atoms with Crippen LogP contribution in [0.25, 0.3) is 0 Å². The molecule has 0 spiro atoms. The number of likely N-dealkylation sites (N-methyl/N-ethyl adjacent to an activating group) is 1. The summed E-state index contributed by atoms with van der Waals surface area (Å²) >= 11 is 0.